The van der Waals surface area contributed by atoms with Crippen molar-refractivity contribution in [2.24, 2.45) is 5.73 Å². The predicted molar refractivity (Wildman–Crippen MR) is 66.1 cm³/mol. The number of ether oxygens (including phenoxy) is 1. The highest BCUT2D eigenvalue weighted by molar-refractivity contribution is 5.91. The monoisotopic (exact) mass is 256 g/mol. The average Bonchev–Trinajstić information content (AvgIpc) is 2.78. The number of hydrogen-bond acceptors (Lipinski definition) is 5. The molecule has 0 fully saturated rings. The van der Waals surface area contributed by atoms with E-state index in [2.05, 4.69) is 10.3 Å². The number of hydrogen-bond donors (Lipinski definition) is 3. The van der Waals surface area contributed by atoms with Gasteiger partial charge in [-0.1, -0.05) is 0 Å². The van der Waals surface area contributed by atoms with Crippen LogP contribution in [-0.4, -0.2) is 53.5 Å². The summed E-state index contributed by atoms with van der Waals surface area (Å²) in [7, 11) is 1.52. The number of imidazole rings is 1. The molecule has 1 amide bonds. The van der Waals surface area contributed by atoms with Crippen molar-refractivity contribution in [3.63, 3.8) is 0 Å². The molecule has 1 rings (SSSR count). The van der Waals surface area contributed by atoms with Gasteiger partial charge in [-0.2, -0.15) is 0 Å². The minimum atomic E-state index is -0.565. The lowest BCUT2D eigenvalue weighted by Gasteiger charge is -2.09. The predicted octanol–water partition coefficient (Wildman–Crippen LogP) is -1.03. The fraction of sp³-hybridized carbons (Fsp3) is 0.636. The lowest BCUT2D eigenvalue weighted by molar-refractivity contribution is 0.0587. The Kier molecular flexibility index (Phi) is 6.34. The van der Waals surface area contributed by atoms with Crippen molar-refractivity contribution in [1.29, 1.82) is 0 Å². The lowest BCUT2D eigenvalue weighted by atomic mass is 10.2. The van der Waals surface area contributed by atoms with Crippen LogP contribution in [0.2, 0.25) is 0 Å². The molecule has 1 atom stereocenters. The van der Waals surface area contributed by atoms with Crippen molar-refractivity contribution < 1.29 is 14.6 Å². The Labute approximate surface area is 106 Å². The minimum Gasteiger partial charge on any atom is -0.391 e. The maximum Gasteiger partial charge on any atom is 0.271 e. The quantitative estimate of drug-likeness (QED) is 0.552. The van der Waals surface area contributed by atoms with E-state index in [0.717, 1.165) is 0 Å². The SMILES string of the molecule is COCC(O)CCNC(=O)c1cn(CCN)cn1. The number of aliphatic hydroxyl groups excluding tert-OH is 1. The number of aliphatic hydroxyl groups is 1. The van der Waals surface area contributed by atoms with Crippen LogP contribution in [0.4, 0.5) is 0 Å². The van der Waals surface area contributed by atoms with Gasteiger partial charge in [-0.05, 0) is 6.42 Å². The van der Waals surface area contributed by atoms with E-state index in [4.69, 9.17) is 10.5 Å². The maximum absolute atomic E-state index is 11.7. The molecule has 0 aliphatic rings. The van der Waals surface area contributed by atoms with Crippen LogP contribution in [-0.2, 0) is 11.3 Å². The van der Waals surface area contributed by atoms with Gasteiger partial charge in [0.15, 0.2) is 0 Å². The summed E-state index contributed by atoms with van der Waals surface area (Å²) in [6, 6.07) is 0. The Morgan fingerprint density at radius 2 is 2.50 bits per heavy atom. The van der Waals surface area contributed by atoms with Crippen LogP contribution in [0, 0.1) is 0 Å². The molecule has 7 heteroatoms. The van der Waals surface area contributed by atoms with Gasteiger partial charge in [-0.25, -0.2) is 4.98 Å². The topological polar surface area (TPSA) is 102 Å². The van der Waals surface area contributed by atoms with E-state index in [0.29, 0.717) is 31.7 Å². The smallest absolute Gasteiger partial charge is 0.271 e. The Balaban J connectivity index is 2.31. The van der Waals surface area contributed by atoms with E-state index < -0.39 is 6.10 Å². The Morgan fingerprint density at radius 1 is 1.72 bits per heavy atom. The van der Waals surface area contributed by atoms with Crippen molar-refractivity contribution >= 4 is 5.91 Å². The number of nitrogens with one attached hydrogen (secondary N) is 1. The summed E-state index contributed by atoms with van der Waals surface area (Å²) in [5.74, 6) is -0.254. The molecule has 1 aromatic rings. The Hall–Kier alpha value is -1.44. The van der Waals surface area contributed by atoms with E-state index in [1.807, 2.05) is 0 Å². The normalized spacial score (nSPS) is 12.4. The van der Waals surface area contributed by atoms with Gasteiger partial charge in [-0.3, -0.25) is 4.79 Å². The molecule has 0 aliphatic carbocycles. The summed E-state index contributed by atoms with van der Waals surface area (Å²) in [6.07, 6.45) is 3.10. The van der Waals surface area contributed by atoms with E-state index in [9.17, 15) is 9.90 Å². The molecule has 0 radical (unpaired) electrons. The first-order valence-electron chi connectivity index (χ1n) is 5.84. The molecule has 0 aliphatic heterocycles. The standard InChI is InChI=1S/C11H20N4O3/c1-18-7-9(16)2-4-13-11(17)10-6-15(5-3-12)8-14-10/h6,8-9,16H,2-5,7,12H2,1H3,(H,13,17). The number of aromatic nitrogens is 2. The third kappa shape index (κ3) is 4.82. The highest BCUT2D eigenvalue weighted by Crippen LogP contribution is 1.97. The van der Waals surface area contributed by atoms with Crippen molar-refractivity contribution in [2.75, 3.05) is 26.8 Å². The minimum absolute atomic E-state index is 0.254. The average molecular weight is 256 g/mol. The van der Waals surface area contributed by atoms with Crippen molar-refractivity contribution in [2.45, 2.75) is 19.1 Å². The van der Waals surface area contributed by atoms with Gasteiger partial charge < -0.3 is 25.5 Å². The van der Waals surface area contributed by atoms with Crippen LogP contribution in [0.1, 0.15) is 16.9 Å². The molecule has 1 aromatic heterocycles. The largest absolute Gasteiger partial charge is 0.391 e. The van der Waals surface area contributed by atoms with Gasteiger partial charge in [0.05, 0.1) is 19.0 Å². The Morgan fingerprint density at radius 3 is 3.17 bits per heavy atom. The summed E-state index contributed by atoms with van der Waals surface area (Å²) in [5, 5.41) is 12.1. The number of nitrogens with zero attached hydrogens (tertiary/aromatic N) is 2. The van der Waals surface area contributed by atoms with Crippen LogP contribution in [0.5, 0.6) is 0 Å². The highest BCUT2D eigenvalue weighted by atomic mass is 16.5. The van der Waals surface area contributed by atoms with E-state index in [-0.39, 0.29) is 12.5 Å². The zero-order chi connectivity index (χ0) is 13.4. The molecular weight excluding hydrogens is 236 g/mol. The number of rotatable bonds is 8. The maximum atomic E-state index is 11.7. The molecule has 1 heterocycles. The number of methoxy groups -OCH3 is 1. The molecule has 4 N–H and O–H groups in total. The van der Waals surface area contributed by atoms with Crippen molar-refractivity contribution in [3.05, 3.63) is 18.2 Å². The zero-order valence-electron chi connectivity index (χ0n) is 10.5. The molecule has 0 aromatic carbocycles. The van der Waals surface area contributed by atoms with Crippen molar-refractivity contribution in [1.82, 2.24) is 14.9 Å². The molecule has 18 heavy (non-hydrogen) atoms. The summed E-state index contributed by atoms with van der Waals surface area (Å²) in [4.78, 5) is 15.6. The number of nitrogens with two attached hydrogens (primary N) is 1. The first kappa shape index (κ1) is 14.6. The van der Waals surface area contributed by atoms with Gasteiger partial charge in [0.1, 0.15) is 5.69 Å². The molecule has 0 spiro atoms. The first-order valence-corrected chi connectivity index (χ1v) is 5.84. The van der Waals surface area contributed by atoms with Gasteiger partial charge in [-0.15, -0.1) is 0 Å². The molecule has 0 saturated carbocycles. The first-order chi connectivity index (χ1) is 8.67. The number of carbonyl (C=O) groups is 1. The zero-order valence-corrected chi connectivity index (χ0v) is 10.5. The number of amides is 1. The molecule has 1 unspecified atom stereocenters. The van der Waals surface area contributed by atoms with Gasteiger partial charge >= 0.3 is 0 Å². The van der Waals surface area contributed by atoms with Crippen LogP contribution in [0.3, 0.4) is 0 Å². The second-order valence-electron chi connectivity index (χ2n) is 3.94. The fourth-order valence-electron chi connectivity index (χ4n) is 1.47. The third-order valence-corrected chi connectivity index (χ3v) is 2.38. The van der Waals surface area contributed by atoms with E-state index in [1.54, 1.807) is 17.1 Å². The second kappa shape index (κ2) is 7.80. The molecule has 7 nitrogen and oxygen atoms in total. The molecule has 0 bridgehead atoms. The van der Waals surface area contributed by atoms with Gasteiger partial charge in [0, 0.05) is 32.9 Å². The van der Waals surface area contributed by atoms with Gasteiger partial charge in [0.2, 0.25) is 0 Å². The lowest BCUT2D eigenvalue weighted by Crippen LogP contribution is -2.28. The van der Waals surface area contributed by atoms with E-state index in [1.165, 1.54) is 7.11 Å². The summed E-state index contributed by atoms with van der Waals surface area (Å²) in [6.45, 7) is 1.78. The summed E-state index contributed by atoms with van der Waals surface area (Å²) in [5.41, 5.74) is 5.75. The van der Waals surface area contributed by atoms with E-state index >= 15 is 0 Å². The summed E-state index contributed by atoms with van der Waals surface area (Å²) >= 11 is 0. The van der Waals surface area contributed by atoms with Crippen molar-refractivity contribution in [3.8, 4) is 0 Å². The fourth-order valence-corrected chi connectivity index (χ4v) is 1.47. The van der Waals surface area contributed by atoms with Crippen LogP contribution in [0.15, 0.2) is 12.5 Å². The number of carbonyl (C=O) groups excluding carboxylic acids is 1. The molecule has 0 saturated heterocycles. The van der Waals surface area contributed by atoms with Gasteiger partial charge in [0.25, 0.3) is 5.91 Å². The van der Waals surface area contributed by atoms with Crippen LogP contribution < -0.4 is 11.1 Å². The van der Waals surface area contributed by atoms with Crippen LogP contribution >= 0.6 is 0 Å². The molecule has 102 valence electrons. The molecular formula is C11H20N4O3. The highest BCUT2D eigenvalue weighted by Gasteiger charge is 2.09. The second-order valence-corrected chi connectivity index (χ2v) is 3.94. The summed E-state index contributed by atoms with van der Waals surface area (Å²) < 4.78 is 6.54. The Bertz CT molecular complexity index is 367. The third-order valence-electron chi connectivity index (χ3n) is 2.38. The van der Waals surface area contributed by atoms with Crippen LogP contribution in [0.25, 0.3) is 0 Å².